The van der Waals surface area contributed by atoms with E-state index >= 15 is 0 Å². The zero-order valence-electron chi connectivity index (χ0n) is 18.4. The van der Waals surface area contributed by atoms with Gasteiger partial charge in [0, 0.05) is 18.2 Å². The van der Waals surface area contributed by atoms with Crippen LogP contribution in [0, 0.1) is 11.3 Å². The van der Waals surface area contributed by atoms with Crippen molar-refractivity contribution in [2.45, 2.75) is 46.1 Å². The summed E-state index contributed by atoms with van der Waals surface area (Å²) in [4.78, 5) is 16.3. The van der Waals surface area contributed by atoms with Crippen molar-refractivity contribution in [3.63, 3.8) is 0 Å². The molecule has 7 heteroatoms. The van der Waals surface area contributed by atoms with Crippen molar-refractivity contribution in [3.8, 4) is 38.6 Å². The summed E-state index contributed by atoms with van der Waals surface area (Å²) in [5.74, 6) is 0.499. The molecule has 0 atom stereocenters. The van der Waals surface area contributed by atoms with Gasteiger partial charge in [0.2, 0.25) is 0 Å². The third-order valence-corrected chi connectivity index (χ3v) is 5.82. The number of carbonyl (C=O) groups is 1. The van der Waals surface area contributed by atoms with Crippen LogP contribution in [0.5, 0.6) is 11.5 Å². The Labute approximate surface area is 192 Å². The number of carboxylic acids is 1. The molecule has 0 amide bonds. The van der Waals surface area contributed by atoms with E-state index in [4.69, 9.17) is 14.6 Å². The molecule has 0 radical (unpaired) electrons. The molecule has 0 aliphatic heterocycles. The maximum Gasteiger partial charge on any atom is 0.303 e. The first-order valence-corrected chi connectivity index (χ1v) is 11.4. The first-order valence-electron chi connectivity index (χ1n) is 10.6. The minimum atomic E-state index is -0.817. The molecule has 1 heterocycles. The predicted molar refractivity (Wildman–Crippen MR) is 125 cm³/mol. The largest absolute Gasteiger partial charge is 0.494 e. The summed E-state index contributed by atoms with van der Waals surface area (Å²) in [5, 5.41) is 19.1. The first-order chi connectivity index (χ1) is 15.4. The molecule has 1 aromatic heterocycles. The Morgan fingerprint density at radius 2 is 2.06 bits per heavy atom. The number of hydrogen-bond donors (Lipinski definition) is 1. The van der Waals surface area contributed by atoms with Crippen LogP contribution in [0.2, 0.25) is 0 Å². The van der Waals surface area contributed by atoms with Gasteiger partial charge in [-0.3, -0.25) is 4.79 Å². The highest BCUT2D eigenvalue weighted by Crippen LogP contribution is 2.36. The minimum absolute atomic E-state index is 0.00370. The third-order valence-electron chi connectivity index (χ3n) is 4.74. The molecule has 3 aromatic rings. The van der Waals surface area contributed by atoms with Crippen LogP contribution >= 0.6 is 11.3 Å². The number of aryl methyl sites for hydroxylation is 1. The molecule has 0 saturated heterocycles. The first kappa shape index (κ1) is 23.3. The number of ether oxygens (including phenoxy) is 2. The summed E-state index contributed by atoms with van der Waals surface area (Å²) in [7, 11) is 0. The Bertz CT molecular complexity index is 1130. The predicted octanol–water partition coefficient (Wildman–Crippen LogP) is 5.94. The van der Waals surface area contributed by atoms with E-state index in [1.54, 1.807) is 11.3 Å². The quantitative estimate of drug-likeness (QED) is 0.384. The molecule has 3 rings (SSSR count). The van der Waals surface area contributed by atoms with Gasteiger partial charge in [-0.2, -0.15) is 5.26 Å². The average Bonchev–Trinajstić information content (AvgIpc) is 3.26. The lowest BCUT2D eigenvalue weighted by Crippen LogP contribution is -2.06. The van der Waals surface area contributed by atoms with Gasteiger partial charge in [0.05, 0.1) is 23.2 Å². The SMILES string of the molecule is CCc1cc(OCCCC(=O)O)ccc1-c1cnc(-c2ccc(OC(C)C)c(C#N)c2)s1. The van der Waals surface area contributed by atoms with Crippen LogP contribution in [-0.4, -0.2) is 28.8 Å². The molecule has 0 saturated carbocycles. The summed E-state index contributed by atoms with van der Waals surface area (Å²) in [6.07, 6.45) is 3.25. The molecule has 0 fully saturated rings. The molecule has 0 aliphatic carbocycles. The van der Waals surface area contributed by atoms with E-state index in [1.165, 1.54) is 0 Å². The fourth-order valence-electron chi connectivity index (χ4n) is 3.25. The summed E-state index contributed by atoms with van der Waals surface area (Å²) >= 11 is 1.57. The minimum Gasteiger partial charge on any atom is -0.494 e. The molecule has 0 aliphatic rings. The van der Waals surface area contributed by atoms with E-state index in [9.17, 15) is 10.1 Å². The number of nitrogens with zero attached hydrogens (tertiary/aromatic N) is 2. The molecule has 0 bridgehead atoms. The van der Waals surface area contributed by atoms with Crippen LogP contribution in [0.3, 0.4) is 0 Å². The number of aromatic nitrogens is 1. The Morgan fingerprint density at radius 1 is 1.25 bits per heavy atom. The smallest absolute Gasteiger partial charge is 0.303 e. The van der Waals surface area contributed by atoms with Crippen LogP contribution in [0.15, 0.2) is 42.6 Å². The van der Waals surface area contributed by atoms with Gasteiger partial charge in [0.25, 0.3) is 0 Å². The van der Waals surface area contributed by atoms with Crippen LogP contribution in [0.4, 0.5) is 0 Å². The highest BCUT2D eigenvalue weighted by Gasteiger charge is 2.13. The highest BCUT2D eigenvalue weighted by atomic mass is 32.1. The second-order valence-electron chi connectivity index (χ2n) is 7.54. The number of carboxylic acid groups (broad SMARTS) is 1. The lowest BCUT2D eigenvalue weighted by Gasteiger charge is -2.11. The van der Waals surface area contributed by atoms with Gasteiger partial charge in [0.1, 0.15) is 22.6 Å². The lowest BCUT2D eigenvalue weighted by atomic mass is 10.0. The number of thiazole rings is 1. The molecular weight excluding hydrogens is 424 g/mol. The van der Waals surface area contributed by atoms with E-state index in [0.717, 1.165) is 38.7 Å². The fourth-order valence-corrected chi connectivity index (χ4v) is 4.22. The fraction of sp³-hybridized carbons (Fsp3) is 0.320. The summed E-state index contributed by atoms with van der Waals surface area (Å²) in [6, 6.07) is 13.7. The Balaban J connectivity index is 1.80. The van der Waals surface area contributed by atoms with Crippen molar-refractivity contribution in [2.24, 2.45) is 0 Å². The second-order valence-corrected chi connectivity index (χ2v) is 8.57. The van der Waals surface area contributed by atoms with Crippen molar-refractivity contribution in [1.29, 1.82) is 5.26 Å². The van der Waals surface area contributed by atoms with E-state index in [2.05, 4.69) is 18.0 Å². The number of aliphatic carboxylic acids is 1. The number of nitriles is 1. The Hall–Kier alpha value is -3.37. The van der Waals surface area contributed by atoms with E-state index < -0.39 is 5.97 Å². The molecular formula is C25H26N2O4S. The summed E-state index contributed by atoms with van der Waals surface area (Å²) < 4.78 is 11.4. The van der Waals surface area contributed by atoms with Gasteiger partial charge in [-0.1, -0.05) is 6.92 Å². The maximum atomic E-state index is 10.6. The van der Waals surface area contributed by atoms with Crippen molar-refractivity contribution >= 4 is 17.3 Å². The van der Waals surface area contributed by atoms with Gasteiger partial charge in [-0.25, -0.2) is 4.98 Å². The van der Waals surface area contributed by atoms with Crippen LogP contribution in [0.1, 0.15) is 44.7 Å². The number of benzene rings is 2. The lowest BCUT2D eigenvalue weighted by molar-refractivity contribution is -0.137. The van der Waals surface area contributed by atoms with E-state index in [-0.39, 0.29) is 12.5 Å². The van der Waals surface area contributed by atoms with Gasteiger partial charge in [-0.05, 0) is 74.2 Å². The van der Waals surface area contributed by atoms with Crippen LogP contribution in [-0.2, 0) is 11.2 Å². The maximum absolute atomic E-state index is 10.6. The monoisotopic (exact) mass is 450 g/mol. The van der Waals surface area contributed by atoms with Crippen molar-refractivity contribution in [1.82, 2.24) is 4.98 Å². The molecule has 32 heavy (non-hydrogen) atoms. The Morgan fingerprint density at radius 3 is 2.75 bits per heavy atom. The summed E-state index contributed by atoms with van der Waals surface area (Å²) in [5.41, 5.74) is 3.60. The second kappa shape index (κ2) is 10.8. The number of rotatable bonds is 10. The standard InChI is InChI=1S/C25H26N2O4S/c1-4-17-13-20(30-11-5-6-24(28)29)8-9-21(17)23-15-27-25(32-23)18-7-10-22(31-16(2)3)19(12-18)14-26/h7-10,12-13,15-16H,4-6,11H2,1-3H3,(H,28,29). The third kappa shape index (κ3) is 5.86. The average molecular weight is 451 g/mol. The van der Waals surface area contributed by atoms with Gasteiger partial charge in [0.15, 0.2) is 0 Å². The zero-order valence-corrected chi connectivity index (χ0v) is 19.2. The zero-order chi connectivity index (χ0) is 23.1. The van der Waals surface area contributed by atoms with Gasteiger partial charge < -0.3 is 14.6 Å². The molecule has 6 nitrogen and oxygen atoms in total. The topological polar surface area (TPSA) is 92.4 Å². The van der Waals surface area contributed by atoms with E-state index in [0.29, 0.717) is 24.3 Å². The van der Waals surface area contributed by atoms with Crippen molar-refractivity contribution in [2.75, 3.05) is 6.61 Å². The highest BCUT2D eigenvalue weighted by molar-refractivity contribution is 7.18. The molecule has 0 spiro atoms. The van der Waals surface area contributed by atoms with Gasteiger partial charge in [-0.15, -0.1) is 11.3 Å². The van der Waals surface area contributed by atoms with Gasteiger partial charge >= 0.3 is 5.97 Å². The molecule has 2 aromatic carbocycles. The molecule has 166 valence electrons. The number of hydrogen-bond acceptors (Lipinski definition) is 6. The van der Waals surface area contributed by atoms with E-state index in [1.807, 2.05) is 56.4 Å². The molecule has 0 unspecified atom stereocenters. The normalized spacial score (nSPS) is 10.7. The Kier molecular flexibility index (Phi) is 7.85. The summed E-state index contributed by atoms with van der Waals surface area (Å²) in [6.45, 7) is 6.32. The van der Waals surface area contributed by atoms with Crippen molar-refractivity contribution in [3.05, 3.63) is 53.7 Å². The van der Waals surface area contributed by atoms with Crippen LogP contribution < -0.4 is 9.47 Å². The van der Waals surface area contributed by atoms with Crippen LogP contribution in [0.25, 0.3) is 21.0 Å². The molecule has 1 N–H and O–H groups in total. The van der Waals surface area contributed by atoms with Crippen molar-refractivity contribution < 1.29 is 19.4 Å².